The molecule has 0 saturated heterocycles. The summed E-state index contributed by atoms with van der Waals surface area (Å²) in [6.45, 7) is 5.75. The highest BCUT2D eigenvalue weighted by Gasteiger charge is 2.39. The van der Waals surface area contributed by atoms with Gasteiger partial charge < -0.3 is 20.1 Å². The fourth-order valence-electron chi connectivity index (χ4n) is 4.29. The predicted molar refractivity (Wildman–Crippen MR) is 150 cm³/mol. The summed E-state index contributed by atoms with van der Waals surface area (Å²) in [5, 5.41) is 9.70. The molecule has 0 radical (unpaired) electrons. The maximum atomic E-state index is 13.3. The molecular formula is C28H28BrN3O4S. The van der Waals surface area contributed by atoms with E-state index in [4.69, 9.17) is 14.5 Å². The number of nitrogens with one attached hydrogen (secondary N) is 2. The lowest BCUT2D eigenvalue weighted by Crippen LogP contribution is -2.34. The molecule has 3 aromatic rings. The van der Waals surface area contributed by atoms with Crippen molar-refractivity contribution >= 4 is 50.0 Å². The van der Waals surface area contributed by atoms with Crippen molar-refractivity contribution < 1.29 is 19.1 Å². The Labute approximate surface area is 228 Å². The molecular weight excluding hydrogens is 554 g/mol. The summed E-state index contributed by atoms with van der Waals surface area (Å²) in [5.41, 5.74) is 5.36. The molecule has 4 rings (SSSR count). The molecule has 2 aromatic carbocycles. The lowest BCUT2D eigenvalue weighted by atomic mass is 9.79. The number of alkyl halides is 1. The van der Waals surface area contributed by atoms with Crippen LogP contribution in [0.25, 0.3) is 11.3 Å². The fraction of sp³-hybridized carbons (Fsp3) is 0.250. The maximum Gasteiger partial charge on any atom is 0.336 e. The van der Waals surface area contributed by atoms with Gasteiger partial charge in [-0.15, -0.1) is 11.3 Å². The van der Waals surface area contributed by atoms with Gasteiger partial charge in [0.05, 0.1) is 36.0 Å². The van der Waals surface area contributed by atoms with Crippen molar-refractivity contribution in [1.29, 1.82) is 0 Å². The Hall–Kier alpha value is -3.43. The van der Waals surface area contributed by atoms with E-state index in [9.17, 15) is 9.59 Å². The van der Waals surface area contributed by atoms with Gasteiger partial charge in [-0.1, -0.05) is 64.5 Å². The third-order valence-electron chi connectivity index (χ3n) is 5.86. The minimum atomic E-state index is -0.704. The number of nitrogens with zero attached hydrogens (tertiary/aromatic N) is 1. The number of benzene rings is 2. The van der Waals surface area contributed by atoms with Crippen LogP contribution in [-0.4, -0.2) is 35.5 Å². The summed E-state index contributed by atoms with van der Waals surface area (Å²) in [6, 6.07) is 17.5. The standard InChI is InChI=1S/C28H28BrN3O4S/c1-4-35-26(33)23-17(3)30-21(15-29)25(27(34)36-5-2)24(23)19-13-9-10-14-20(19)31-28-32-22(16-37-28)18-11-7-6-8-12-18/h6-14,16,24,30H,4-5,15H2,1-3H3,(H,31,32). The second-order valence-corrected chi connectivity index (χ2v) is 9.60. The van der Waals surface area contributed by atoms with E-state index in [0.717, 1.165) is 22.5 Å². The number of para-hydroxylation sites is 1. The van der Waals surface area contributed by atoms with Gasteiger partial charge in [-0.05, 0) is 32.4 Å². The molecule has 0 spiro atoms. The first-order chi connectivity index (χ1) is 18.0. The zero-order valence-corrected chi connectivity index (χ0v) is 23.2. The van der Waals surface area contributed by atoms with E-state index in [2.05, 4.69) is 26.6 Å². The van der Waals surface area contributed by atoms with Crippen molar-refractivity contribution in [3.63, 3.8) is 0 Å². The number of ether oxygens (including phenoxy) is 2. The van der Waals surface area contributed by atoms with Crippen molar-refractivity contribution in [2.24, 2.45) is 0 Å². The zero-order valence-electron chi connectivity index (χ0n) is 20.8. The summed E-state index contributed by atoms with van der Waals surface area (Å²) in [7, 11) is 0. The molecule has 1 aromatic heterocycles. The van der Waals surface area contributed by atoms with Crippen LogP contribution in [0.1, 0.15) is 32.3 Å². The predicted octanol–water partition coefficient (Wildman–Crippen LogP) is 6.29. The van der Waals surface area contributed by atoms with E-state index >= 15 is 0 Å². The van der Waals surface area contributed by atoms with Gasteiger partial charge in [-0.2, -0.15) is 0 Å². The van der Waals surface area contributed by atoms with E-state index in [1.165, 1.54) is 11.3 Å². The Morgan fingerprint density at radius 2 is 1.65 bits per heavy atom. The average molecular weight is 583 g/mol. The number of aromatic nitrogens is 1. The summed E-state index contributed by atoms with van der Waals surface area (Å²) < 4.78 is 10.9. The van der Waals surface area contributed by atoms with E-state index in [1.807, 2.05) is 66.9 Å². The second kappa shape index (κ2) is 12.2. The van der Waals surface area contributed by atoms with Gasteiger partial charge in [0.15, 0.2) is 5.13 Å². The molecule has 0 fully saturated rings. The van der Waals surface area contributed by atoms with Gasteiger partial charge in [0.2, 0.25) is 0 Å². The van der Waals surface area contributed by atoms with Crippen molar-refractivity contribution in [1.82, 2.24) is 10.3 Å². The second-order valence-electron chi connectivity index (χ2n) is 8.18. The highest BCUT2D eigenvalue weighted by atomic mass is 79.9. The first kappa shape index (κ1) is 26.6. The highest BCUT2D eigenvalue weighted by molar-refractivity contribution is 9.09. The number of carbonyl (C=O) groups is 2. The third-order valence-corrected chi connectivity index (χ3v) is 7.17. The fourth-order valence-corrected chi connectivity index (χ4v) is 5.47. The summed E-state index contributed by atoms with van der Waals surface area (Å²) in [6.07, 6.45) is 0. The molecule has 0 aliphatic carbocycles. The first-order valence-corrected chi connectivity index (χ1v) is 14.0. The van der Waals surface area contributed by atoms with Crippen molar-refractivity contribution in [2.75, 3.05) is 23.9 Å². The van der Waals surface area contributed by atoms with Crippen molar-refractivity contribution in [3.8, 4) is 11.3 Å². The van der Waals surface area contributed by atoms with Crippen LogP contribution in [0.5, 0.6) is 0 Å². The Kier molecular flexibility index (Phi) is 8.78. The van der Waals surface area contributed by atoms with Crippen molar-refractivity contribution in [2.45, 2.75) is 26.7 Å². The Balaban J connectivity index is 1.81. The molecule has 7 nitrogen and oxygen atoms in total. The van der Waals surface area contributed by atoms with E-state index in [1.54, 1.807) is 13.8 Å². The van der Waals surface area contributed by atoms with Gasteiger partial charge in [0, 0.05) is 33.4 Å². The molecule has 192 valence electrons. The van der Waals surface area contributed by atoms with Gasteiger partial charge in [0.1, 0.15) is 0 Å². The van der Waals surface area contributed by atoms with Gasteiger partial charge in [0.25, 0.3) is 0 Å². The molecule has 0 amide bonds. The monoisotopic (exact) mass is 581 g/mol. The molecule has 37 heavy (non-hydrogen) atoms. The van der Waals surface area contributed by atoms with Gasteiger partial charge >= 0.3 is 11.9 Å². The number of anilines is 2. The molecule has 2 N–H and O–H groups in total. The van der Waals surface area contributed by atoms with E-state index in [0.29, 0.717) is 33.0 Å². The average Bonchev–Trinajstić information content (AvgIpc) is 3.37. The smallest absolute Gasteiger partial charge is 0.336 e. The van der Waals surface area contributed by atoms with Crippen LogP contribution >= 0.6 is 27.3 Å². The van der Waals surface area contributed by atoms with Crippen LogP contribution in [0.2, 0.25) is 0 Å². The quantitative estimate of drug-likeness (QED) is 0.227. The SMILES string of the molecule is CCOC(=O)C1=C(C)NC(CBr)=C(C(=O)OCC)C1c1ccccc1Nc1nc(-c2ccccc2)cs1. The van der Waals surface area contributed by atoms with E-state index in [-0.39, 0.29) is 13.2 Å². The Morgan fingerprint density at radius 1 is 1.00 bits per heavy atom. The van der Waals surface area contributed by atoms with Crippen LogP contribution < -0.4 is 10.6 Å². The zero-order chi connectivity index (χ0) is 26.4. The normalized spacial score (nSPS) is 15.3. The summed E-state index contributed by atoms with van der Waals surface area (Å²) in [5.74, 6) is -1.67. The number of esters is 2. The number of dihydropyridines is 1. The molecule has 1 aliphatic heterocycles. The topological polar surface area (TPSA) is 89.5 Å². The molecule has 1 aliphatic rings. The first-order valence-electron chi connectivity index (χ1n) is 12.0. The summed E-state index contributed by atoms with van der Waals surface area (Å²) >= 11 is 4.97. The van der Waals surface area contributed by atoms with Crippen LogP contribution in [0, 0.1) is 0 Å². The highest BCUT2D eigenvalue weighted by Crippen LogP contribution is 2.43. The number of hydrogen-bond donors (Lipinski definition) is 2. The van der Waals surface area contributed by atoms with Crippen molar-refractivity contribution in [3.05, 3.63) is 88.1 Å². The Bertz CT molecular complexity index is 1350. The molecule has 0 bridgehead atoms. The van der Waals surface area contributed by atoms with Gasteiger partial charge in [-0.25, -0.2) is 14.6 Å². The molecule has 1 unspecified atom stereocenters. The molecule has 1 atom stereocenters. The summed E-state index contributed by atoms with van der Waals surface area (Å²) in [4.78, 5) is 31.2. The van der Waals surface area contributed by atoms with Crippen LogP contribution in [0.3, 0.4) is 0 Å². The third kappa shape index (κ3) is 5.78. The number of hydrogen-bond acceptors (Lipinski definition) is 8. The lowest BCUT2D eigenvalue weighted by molar-refractivity contribution is -0.139. The number of carbonyl (C=O) groups excluding carboxylic acids is 2. The minimum Gasteiger partial charge on any atom is -0.463 e. The molecule has 2 heterocycles. The molecule has 9 heteroatoms. The molecule has 0 saturated carbocycles. The maximum absolute atomic E-state index is 13.3. The van der Waals surface area contributed by atoms with Crippen LogP contribution in [0.15, 0.2) is 82.5 Å². The van der Waals surface area contributed by atoms with Gasteiger partial charge in [-0.3, -0.25) is 0 Å². The number of allylic oxidation sites excluding steroid dienone is 2. The van der Waals surface area contributed by atoms with Crippen LogP contribution in [0.4, 0.5) is 10.8 Å². The lowest BCUT2D eigenvalue weighted by Gasteiger charge is -2.32. The number of halogens is 1. The Morgan fingerprint density at radius 3 is 2.32 bits per heavy atom. The number of thiazole rings is 1. The number of rotatable bonds is 9. The van der Waals surface area contributed by atoms with E-state index < -0.39 is 17.9 Å². The minimum absolute atomic E-state index is 0.212. The largest absolute Gasteiger partial charge is 0.463 e. The van der Waals surface area contributed by atoms with Crippen LogP contribution in [-0.2, 0) is 19.1 Å².